The number of aromatic nitrogens is 2. The number of benzene rings is 1. The van der Waals surface area contributed by atoms with E-state index in [1.54, 1.807) is 6.07 Å². The molecule has 0 spiro atoms. The first kappa shape index (κ1) is 23.7. The molecule has 6 nitrogen and oxygen atoms in total. The predicted molar refractivity (Wildman–Crippen MR) is 125 cm³/mol. The maximum atomic E-state index is 13.8. The molecule has 0 amide bonds. The zero-order valence-electron chi connectivity index (χ0n) is 16.7. The van der Waals surface area contributed by atoms with Crippen LogP contribution in [0.4, 0.5) is 13.9 Å². The number of piperazine rings is 1. The second-order valence-corrected chi connectivity index (χ2v) is 7.25. The normalized spacial score (nSPS) is 14.7. The Balaban J connectivity index is 0.00000300. The van der Waals surface area contributed by atoms with Crippen molar-refractivity contribution in [1.82, 2.24) is 19.6 Å². The van der Waals surface area contributed by atoms with Gasteiger partial charge in [-0.2, -0.15) is 4.37 Å². The highest BCUT2D eigenvalue weighted by Gasteiger charge is 2.22. The highest BCUT2D eigenvalue weighted by Crippen LogP contribution is 2.19. The highest BCUT2D eigenvalue weighted by atomic mass is 127. The van der Waals surface area contributed by atoms with Crippen LogP contribution in [-0.4, -0.2) is 59.5 Å². The SMILES string of the molecule is CCNC(=NCCc1cccc(F)c1F)N1CCN(c2nc(CC)ns2)CC1.I. The van der Waals surface area contributed by atoms with Crippen molar-refractivity contribution < 1.29 is 8.78 Å². The van der Waals surface area contributed by atoms with E-state index in [0.717, 1.165) is 62.1 Å². The summed E-state index contributed by atoms with van der Waals surface area (Å²) in [5, 5.41) is 4.27. The lowest BCUT2D eigenvalue weighted by Crippen LogP contribution is -2.52. The van der Waals surface area contributed by atoms with Crippen LogP contribution in [0.5, 0.6) is 0 Å². The van der Waals surface area contributed by atoms with Gasteiger partial charge in [-0.25, -0.2) is 13.8 Å². The first-order valence-electron chi connectivity index (χ1n) is 9.66. The standard InChI is InChI=1S/C19H26F2N6S.HI/c1-3-16-24-19(28-25-16)27-12-10-26(11-13-27)18(22-4-2)23-9-8-14-6-5-7-15(20)17(14)21;/h5-7H,3-4,8-13H2,1-2H3,(H,22,23);1H. The van der Waals surface area contributed by atoms with E-state index < -0.39 is 11.6 Å². The Morgan fingerprint density at radius 1 is 1.21 bits per heavy atom. The van der Waals surface area contributed by atoms with Gasteiger partial charge in [-0.15, -0.1) is 24.0 Å². The van der Waals surface area contributed by atoms with Crippen LogP contribution in [0.15, 0.2) is 23.2 Å². The first-order chi connectivity index (χ1) is 13.6. The van der Waals surface area contributed by atoms with Crippen molar-refractivity contribution in [1.29, 1.82) is 0 Å². The Labute approximate surface area is 191 Å². The molecule has 1 saturated heterocycles. The molecule has 1 aliphatic heterocycles. The highest BCUT2D eigenvalue weighted by molar-refractivity contribution is 14.0. The van der Waals surface area contributed by atoms with Gasteiger partial charge in [0.15, 0.2) is 17.6 Å². The molecule has 2 heterocycles. The van der Waals surface area contributed by atoms with Gasteiger partial charge in [0.05, 0.1) is 0 Å². The number of aryl methyl sites for hydroxylation is 1. The summed E-state index contributed by atoms with van der Waals surface area (Å²) in [7, 11) is 0. The monoisotopic (exact) mass is 536 g/mol. The summed E-state index contributed by atoms with van der Waals surface area (Å²) in [5.41, 5.74) is 0.354. The number of halogens is 3. The van der Waals surface area contributed by atoms with E-state index in [2.05, 4.69) is 36.4 Å². The van der Waals surface area contributed by atoms with E-state index in [9.17, 15) is 8.78 Å². The number of hydrogen-bond acceptors (Lipinski definition) is 5. The van der Waals surface area contributed by atoms with Crippen LogP contribution in [0.25, 0.3) is 0 Å². The fourth-order valence-corrected chi connectivity index (χ4v) is 3.88. The predicted octanol–water partition coefficient (Wildman–Crippen LogP) is 3.33. The van der Waals surface area contributed by atoms with Crippen molar-refractivity contribution in [3.05, 3.63) is 41.2 Å². The van der Waals surface area contributed by atoms with Gasteiger partial charge in [0.25, 0.3) is 0 Å². The summed E-state index contributed by atoms with van der Waals surface area (Å²) in [4.78, 5) is 13.6. The minimum Gasteiger partial charge on any atom is -0.357 e. The van der Waals surface area contributed by atoms with Gasteiger partial charge >= 0.3 is 0 Å². The van der Waals surface area contributed by atoms with Gasteiger partial charge in [-0.1, -0.05) is 19.1 Å². The third-order valence-corrected chi connectivity index (χ3v) is 5.45. The molecule has 0 bridgehead atoms. The summed E-state index contributed by atoms with van der Waals surface area (Å²) in [6, 6.07) is 4.26. The van der Waals surface area contributed by atoms with Crippen molar-refractivity contribution in [3.8, 4) is 0 Å². The molecule has 3 rings (SSSR count). The van der Waals surface area contributed by atoms with E-state index in [-0.39, 0.29) is 24.0 Å². The van der Waals surface area contributed by atoms with Crippen LogP contribution in [-0.2, 0) is 12.8 Å². The van der Waals surface area contributed by atoms with Crippen molar-refractivity contribution in [2.24, 2.45) is 4.99 Å². The quantitative estimate of drug-likeness (QED) is 0.349. The number of rotatable bonds is 6. The first-order valence-corrected chi connectivity index (χ1v) is 10.4. The van der Waals surface area contributed by atoms with Gasteiger partial charge in [0, 0.05) is 57.2 Å². The molecule has 10 heteroatoms. The molecule has 2 aromatic rings. The third-order valence-electron chi connectivity index (χ3n) is 4.63. The number of nitrogens with one attached hydrogen (secondary N) is 1. The largest absolute Gasteiger partial charge is 0.357 e. The van der Waals surface area contributed by atoms with Crippen LogP contribution >= 0.6 is 35.5 Å². The average molecular weight is 536 g/mol. The van der Waals surface area contributed by atoms with Gasteiger partial charge in [-0.05, 0) is 25.0 Å². The molecule has 1 N–H and O–H groups in total. The fraction of sp³-hybridized carbons (Fsp3) is 0.526. The molecule has 1 aromatic carbocycles. The number of anilines is 1. The molecule has 0 aliphatic carbocycles. The molecule has 160 valence electrons. The lowest BCUT2D eigenvalue weighted by Gasteiger charge is -2.36. The molecule has 1 fully saturated rings. The molecule has 1 aromatic heterocycles. The lowest BCUT2D eigenvalue weighted by atomic mass is 10.1. The molecular formula is C19H27F2IN6S. The maximum Gasteiger partial charge on any atom is 0.205 e. The molecule has 29 heavy (non-hydrogen) atoms. The summed E-state index contributed by atoms with van der Waals surface area (Å²) in [6.07, 6.45) is 1.21. The number of nitrogens with zero attached hydrogens (tertiary/aromatic N) is 5. The molecular weight excluding hydrogens is 509 g/mol. The summed E-state index contributed by atoms with van der Waals surface area (Å²) in [6.45, 7) is 8.57. The topological polar surface area (TPSA) is 56.7 Å². The Kier molecular flexibility index (Phi) is 9.47. The Morgan fingerprint density at radius 3 is 2.62 bits per heavy atom. The number of guanidine groups is 1. The van der Waals surface area contributed by atoms with Crippen LogP contribution < -0.4 is 10.2 Å². The van der Waals surface area contributed by atoms with Crippen LogP contribution in [0, 0.1) is 11.6 Å². The number of aliphatic imine (C=N–C) groups is 1. The zero-order valence-corrected chi connectivity index (χ0v) is 19.8. The summed E-state index contributed by atoms with van der Waals surface area (Å²) >= 11 is 1.45. The minimum absolute atomic E-state index is 0. The molecule has 0 saturated carbocycles. The second kappa shape index (κ2) is 11.6. The minimum atomic E-state index is -0.813. The van der Waals surface area contributed by atoms with Gasteiger partial charge in [0.1, 0.15) is 5.82 Å². The molecule has 1 aliphatic rings. The Hall–Kier alpha value is -1.56. The Bertz CT molecular complexity index is 808. The van der Waals surface area contributed by atoms with Crippen molar-refractivity contribution in [2.75, 3.05) is 44.2 Å². The smallest absolute Gasteiger partial charge is 0.205 e. The molecule has 0 radical (unpaired) electrons. The second-order valence-electron chi connectivity index (χ2n) is 6.52. The molecule has 0 atom stereocenters. The van der Waals surface area contributed by atoms with Crippen molar-refractivity contribution in [2.45, 2.75) is 26.7 Å². The Morgan fingerprint density at radius 2 is 1.97 bits per heavy atom. The van der Waals surface area contributed by atoms with E-state index in [1.165, 1.54) is 17.6 Å². The van der Waals surface area contributed by atoms with Crippen molar-refractivity contribution in [3.63, 3.8) is 0 Å². The average Bonchev–Trinajstić information content (AvgIpc) is 3.20. The van der Waals surface area contributed by atoms with Gasteiger partial charge < -0.3 is 15.1 Å². The number of hydrogen-bond donors (Lipinski definition) is 1. The third kappa shape index (κ3) is 6.21. The van der Waals surface area contributed by atoms with E-state index >= 15 is 0 Å². The van der Waals surface area contributed by atoms with Gasteiger partial charge in [0.2, 0.25) is 5.13 Å². The summed E-state index contributed by atoms with van der Waals surface area (Å²) in [5.74, 6) is 0.111. The van der Waals surface area contributed by atoms with Crippen LogP contribution in [0.2, 0.25) is 0 Å². The zero-order chi connectivity index (χ0) is 19.9. The summed E-state index contributed by atoms with van der Waals surface area (Å²) < 4.78 is 31.5. The van der Waals surface area contributed by atoms with E-state index in [0.29, 0.717) is 18.5 Å². The van der Waals surface area contributed by atoms with Gasteiger partial charge in [-0.3, -0.25) is 4.99 Å². The van der Waals surface area contributed by atoms with Crippen molar-refractivity contribution >= 4 is 46.6 Å². The molecule has 0 unspecified atom stereocenters. The van der Waals surface area contributed by atoms with Crippen LogP contribution in [0.3, 0.4) is 0 Å². The fourth-order valence-electron chi connectivity index (χ4n) is 3.08. The maximum absolute atomic E-state index is 13.8. The van der Waals surface area contributed by atoms with Crippen LogP contribution in [0.1, 0.15) is 25.2 Å². The van der Waals surface area contributed by atoms with E-state index in [4.69, 9.17) is 0 Å². The van der Waals surface area contributed by atoms with E-state index in [1.807, 2.05) is 6.92 Å². The lowest BCUT2D eigenvalue weighted by molar-refractivity contribution is 0.372.